The minimum absolute atomic E-state index is 0.0441. The first-order valence-corrected chi connectivity index (χ1v) is 15.9. The highest BCUT2D eigenvalue weighted by Crippen LogP contribution is 2.55. The second-order valence-electron chi connectivity index (χ2n) is 12.4. The van der Waals surface area contributed by atoms with Crippen LogP contribution in [0.25, 0.3) is 0 Å². The van der Waals surface area contributed by atoms with E-state index in [-0.39, 0.29) is 40.6 Å². The van der Waals surface area contributed by atoms with Crippen molar-refractivity contribution in [1.29, 1.82) is 0 Å². The van der Waals surface area contributed by atoms with Gasteiger partial charge in [-0.1, -0.05) is 11.6 Å². The van der Waals surface area contributed by atoms with Gasteiger partial charge in [-0.2, -0.15) is 0 Å². The number of aliphatic hydroxyl groups excluding tert-OH is 1. The van der Waals surface area contributed by atoms with Crippen LogP contribution in [-0.2, 0) is 14.6 Å². The Hall–Kier alpha value is -2.91. The van der Waals surface area contributed by atoms with Gasteiger partial charge in [-0.25, -0.2) is 26.4 Å². The standard InChI is InChI=1S/C29H35ClF3N3O7S/c1-14(35-27(39)43-28(2,3)4)25(37)34-13-29(40)16-8-17(29)10-19(9-16)44(41,42)23-7-15(5-6-20(23)30)26(38)36-18-11-21(31)24(33)22(32)12-18/h5-7,11-12,14,16-17,19,25,34,37,40H,8-10,13H2,1-4H3,(H,35,39)(H,36,38)/t14-,16?,17?,19-,25?,29-/m0/s1. The normalized spacial score (nSPS) is 24.5. The Balaban J connectivity index is 1.40. The molecule has 0 saturated heterocycles. The van der Waals surface area contributed by atoms with Gasteiger partial charge in [0, 0.05) is 29.9 Å². The summed E-state index contributed by atoms with van der Waals surface area (Å²) in [5.41, 5.74) is -2.54. The number of fused-ring (bicyclic) bond motifs is 2. The van der Waals surface area contributed by atoms with Crippen LogP contribution in [0.2, 0.25) is 5.02 Å². The molecule has 0 aromatic heterocycles. The van der Waals surface area contributed by atoms with Gasteiger partial charge in [0.05, 0.1) is 26.8 Å². The Labute approximate surface area is 258 Å². The van der Waals surface area contributed by atoms with Gasteiger partial charge in [0.1, 0.15) is 11.8 Å². The summed E-state index contributed by atoms with van der Waals surface area (Å²) in [7, 11) is -4.09. The number of carbonyl (C=O) groups is 2. The SMILES string of the molecule is C[C@H](NC(=O)OC(C)(C)C)C(O)NC[C@]1(O)C2CC1C[C@@H](S(=O)(=O)c1cc(C(=O)Nc3cc(F)c(F)c(F)c3)ccc1Cl)C2. The van der Waals surface area contributed by atoms with Crippen molar-refractivity contribution in [1.82, 2.24) is 10.6 Å². The number of benzene rings is 2. The molecular formula is C29H35ClF3N3O7S. The largest absolute Gasteiger partial charge is 0.444 e. The fraction of sp³-hybridized carbons (Fsp3) is 0.517. The molecule has 15 heteroatoms. The van der Waals surface area contributed by atoms with Crippen molar-refractivity contribution in [3.8, 4) is 0 Å². The highest BCUT2D eigenvalue weighted by Gasteiger charge is 2.60. The lowest BCUT2D eigenvalue weighted by atomic mass is 9.53. The van der Waals surface area contributed by atoms with E-state index in [2.05, 4.69) is 16.0 Å². The molecule has 0 radical (unpaired) electrons. The summed E-state index contributed by atoms with van der Waals surface area (Å²) in [6, 6.07) is 3.94. The summed E-state index contributed by atoms with van der Waals surface area (Å²) in [5, 5.41) is 28.3. The molecule has 3 fully saturated rings. The predicted molar refractivity (Wildman–Crippen MR) is 155 cm³/mol. The zero-order chi connectivity index (χ0) is 32.8. The van der Waals surface area contributed by atoms with Crippen molar-refractivity contribution < 1.29 is 46.1 Å². The molecule has 3 aliphatic rings. The lowest BCUT2D eigenvalue weighted by molar-refractivity contribution is -0.176. The van der Waals surface area contributed by atoms with Crippen LogP contribution in [-0.4, -0.2) is 65.9 Å². The third kappa shape index (κ3) is 7.15. The molecule has 3 saturated carbocycles. The number of amides is 2. The summed E-state index contributed by atoms with van der Waals surface area (Å²) in [5.74, 6) is -6.44. The Morgan fingerprint density at radius 3 is 2.25 bits per heavy atom. The van der Waals surface area contributed by atoms with Crippen LogP contribution in [0.1, 0.15) is 57.3 Å². The first-order chi connectivity index (χ1) is 20.3. The number of sulfone groups is 1. The molecule has 5 rings (SSSR count). The average Bonchev–Trinajstić information content (AvgIpc) is 2.93. The molecule has 2 aromatic rings. The third-order valence-corrected chi connectivity index (χ3v) is 10.7. The molecule has 2 bridgehead atoms. The average molecular weight is 662 g/mol. The van der Waals surface area contributed by atoms with E-state index in [1.54, 1.807) is 27.7 Å². The molecule has 3 aliphatic carbocycles. The Bertz CT molecular complexity index is 1520. The maximum absolute atomic E-state index is 13.7. The smallest absolute Gasteiger partial charge is 0.408 e. The van der Waals surface area contributed by atoms with Crippen molar-refractivity contribution in [2.45, 2.75) is 80.6 Å². The van der Waals surface area contributed by atoms with Crippen molar-refractivity contribution in [2.24, 2.45) is 11.8 Å². The van der Waals surface area contributed by atoms with Crippen molar-refractivity contribution in [3.63, 3.8) is 0 Å². The number of rotatable bonds is 9. The lowest BCUT2D eigenvalue weighted by Gasteiger charge is -2.58. The molecule has 44 heavy (non-hydrogen) atoms. The van der Waals surface area contributed by atoms with Gasteiger partial charge in [-0.05, 0) is 77.0 Å². The molecule has 0 heterocycles. The third-order valence-electron chi connectivity index (χ3n) is 8.07. The number of anilines is 1. The zero-order valence-corrected chi connectivity index (χ0v) is 26.0. The molecule has 2 aromatic carbocycles. The molecule has 10 nitrogen and oxygen atoms in total. The van der Waals surface area contributed by atoms with E-state index in [1.807, 2.05) is 0 Å². The molecule has 4 atom stereocenters. The second kappa shape index (κ2) is 12.5. The summed E-state index contributed by atoms with van der Waals surface area (Å²) >= 11 is 6.24. The molecular weight excluding hydrogens is 627 g/mol. The van der Waals surface area contributed by atoms with Crippen molar-refractivity contribution in [2.75, 3.05) is 11.9 Å². The molecule has 5 N–H and O–H groups in total. The summed E-state index contributed by atoms with van der Waals surface area (Å²) < 4.78 is 72.9. The number of halogens is 4. The Morgan fingerprint density at radius 1 is 1.09 bits per heavy atom. The number of ether oxygens (including phenoxy) is 1. The van der Waals surface area contributed by atoms with Crippen LogP contribution in [0.5, 0.6) is 0 Å². The van der Waals surface area contributed by atoms with Crippen LogP contribution in [0.4, 0.5) is 23.7 Å². The first kappa shape index (κ1) is 34.0. The summed E-state index contributed by atoms with van der Waals surface area (Å²) in [6.45, 7) is 6.62. The van der Waals surface area contributed by atoms with Gasteiger partial charge in [0.25, 0.3) is 5.91 Å². The number of nitrogens with one attached hydrogen (secondary N) is 3. The molecule has 2 amide bonds. The van der Waals surface area contributed by atoms with E-state index in [1.165, 1.54) is 12.1 Å². The van der Waals surface area contributed by atoms with Gasteiger partial charge in [-0.15, -0.1) is 0 Å². The van der Waals surface area contributed by atoms with Gasteiger partial charge in [0.2, 0.25) is 0 Å². The van der Waals surface area contributed by atoms with Crippen LogP contribution >= 0.6 is 11.6 Å². The monoisotopic (exact) mass is 661 g/mol. The van der Waals surface area contributed by atoms with E-state index < -0.39 is 79.8 Å². The first-order valence-electron chi connectivity index (χ1n) is 13.9. The molecule has 0 aliphatic heterocycles. The maximum Gasteiger partial charge on any atom is 0.408 e. The van der Waals surface area contributed by atoms with E-state index in [4.69, 9.17) is 16.3 Å². The van der Waals surface area contributed by atoms with Crippen molar-refractivity contribution >= 4 is 39.1 Å². The van der Waals surface area contributed by atoms with E-state index in [0.717, 1.165) is 6.07 Å². The number of hydrogen-bond acceptors (Lipinski definition) is 8. The van der Waals surface area contributed by atoms with Crippen LogP contribution in [0.3, 0.4) is 0 Å². The van der Waals surface area contributed by atoms with Crippen molar-refractivity contribution in [3.05, 3.63) is 58.4 Å². The number of hydrogen-bond donors (Lipinski definition) is 5. The molecule has 3 unspecified atom stereocenters. The molecule has 242 valence electrons. The highest BCUT2D eigenvalue weighted by molar-refractivity contribution is 7.92. The van der Waals surface area contributed by atoms with Crippen LogP contribution < -0.4 is 16.0 Å². The fourth-order valence-electron chi connectivity index (χ4n) is 5.69. The zero-order valence-electron chi connectivity index (χ0n) is 24.5. The van der Waals surface area contributed by atoms with Gasteiger partial charge < -0.3 is 25.6 Å². The summed E-state index contributed by atoms with van der Waals surface area (Å²) in [4.78, 5) is 24.4. The Kier molecular flexibility index (Phi) is 9.63. The fourth-order valence-corrected chi connectivity index (χ4v) is 8.09. The van der Waals surface area contributed by atoms with E-state index >= 15 is 0 Å². The van der Waals surface area contributed by atoms with Crippen LogP contribution in [0, 0.1) is 29.3 Å². The van der Waals surface area contributed by atoms with E-state index in [9.17, 15) is 41.4 Å². The number of aliphatic hydroxyl groups is 2. The quantitative estimate of drug-likeness (QED) is 0.199. The van der Waals surface area contributed by atoms with E-state index in [0.29, 0.717) is 18.6 Å². The maximum atomic E-state index is 13.7. The topological polar surface area (TPSA) is 154 Å². The minimum atomic E-state index is -4.09. The second-order valence-corrected chi connectivity index (χ2v) is 15.0. The predicted octanol–water partition coefficient (Wildman–Crippen LogP) is 4.13. The number of carbonyl (C=O) groups excluding carboxylic acids is 2. The highest BCUT2D eigenvalue weighted by atomic mass is 35.5. The minimum Gasteiger partial charge on any atom is -0.444 e. The van der Waals surface area contributed by atoms with Gasteiger partial charge >= 0.3 is 6.09 Å². The molecule has 0 spiro atoms. The van der Waals surface area contributed by atoms with Gasteiger partial charge in [-0.3, -0.25) is 10.1 Å². The number of alkyl carbamates (subject to hydrolysis) is 1. The summed E-state index contributed by atoms with van der Waals surface area (Å²) in [6.07, 6.45) is -1.16. The van der Waals surface area contributed by atoms with Gasteiger partial charge in [0.15, 0.2) is 27.3 Å². The Morgan fingerprint density at radius 2 is 1.68 bits per heavy atom. The lowest BCUT2D eigenvalue weighted by Crippen LogP contribution is -2.67. The van der Waals surface area contributed by atoms with Crippen LogP contribution in [0.15, 0.2) is 35.2 Å².